The Bertz CT molecular complexity index is 250. The van der Waals surface area contributed by atoms with Gasteiger partial charge in [-0.2, -0.15) is 0 Å². The summed E-state index contributed by atoms with van der Waals surface area (Å²) in [5, 5.41) is 0. The van der Waals surface area contributed by atoms with E-state index < -0.39 is 0 Å². The summed E-state index contributed by atoms with van der Waals surface area (Å²) in [4.78, 5) is 0. The first-order chi connectivity index (χ1) is 7.86. The van der Waals surface area contributed by atoms with Gasteiger partial charge < -0.3 is 0 Å². The summed E-state index contributed by atoms with van der Waals surface area (Å²) in [5.74, 6) is 0. The highest BCUT2D eigenvalue weighted by Crippen LogP contribution is 2.11. The Balaban J connectivity index is 2.37. The van der Waals surface area contributed by atoms with Crippen LogP contribution in [0.25, 0.3) is 0 Å². The van der Waals surface area contributed by atoms with Crippen molar-refractivity contribution in [3.8, 4) is 0 Å². The summed E-state index contributed by atoms with van der Waals surface area (Å²) < 4.78 is 0. The average molecular weight is 217 g/mol. The van der Waals surface area contributed by atoms with Gasteiger partial charge in [-0.15, -0.1) is 0 Å². The van der Waals surface area contributed by atoms with Gasteiger partial charge in [0, 0.05) is 0 Å². The first-order valence-electron chi connectivity index (χ1n) is 6.87. The second-order valence-corrected chi connectivity index (χ2v) is 4.62. The molecular weight excluding hydrogens is 192 g/mol. The van der Waals surface area contributed by atoms with Crippen molar-refractivity contribution in [3.05, 3.63) is 35.4 Å². The van der Waals surface area contributed by atoms with Crippen molar-refractivity contribution in [3.63, 3.8) is 0 Å². The first kappa shape index (κ1) is 13.3. The minimum atomic E-state index is 1.20. The van der Waals surface area contributed by atoms with E-state index in [-0.39, 0.29) is 0 Å². The molecule has 1 aromatic rings. The van der Waals surface area contributed by atoms with E-state index >= 15 is 0 Å². The second-order valence-electron chi connectivity index (χ2n) is 4.62. The fourth-order valence-corrected chi connectivity index (χ4v) is 1.99. The Morgan fingerprint density at radius 2 is 1.31 bits per heavy atom. The third kappa shape index (κ3) is 5.34. The van der Waals surface area contributed by atoms with E-state index in [1.54, 1.807) is 0 Å². The minimum absolute atomic E-state index is 1.20. The molecule has 0 atom stereocenters. The molecule has 0 fully saturated rings. The van der Waals surface area contributed by atoms with E-state index in [9.17, 15) is 0 Å². The number of hydrogen-bond acceptors (Lipinski definition) is 0. The van der Waals surface area contributed by atoms with Crippen LogP contribution in [0, 0.1) is 6.07 Å². The van der Waals surface area contributed by atoms with Crippen LogP contribution in [0.2, 0.25) is 0 Å². The summed E-state index contributed by atoms with van der Waals surface area (Å²) in [6.45, 7) is 4.51. The number of unbranched alkanes of at least 4 members (excludes halogenated alkanes) is 4. The Morgan fingerprint density at radius 1 is 0.812 bits per heavy atom. The van der Waals surface area contributed by atoms with Gasteiger partial charge in [-0.25, -0.2) is 0 Å². The molecule has 0 N–H and O–H groups in total. The summed E-state index contributed by atoms with van der Waals surface area (Å²) in [6.07, 6.45) is 10.3. The Labute approximate surface area is 101 Å². The van der Waals surface area contributed by atoms with Crippen molar-refractivity contribution in [2.24, 2.45) is 0 Å². The molecule has 0 aliphatic heterocycles. The van der Waals surface area contributed by atoms with Crippen LogP contribution in [-0.2, 0) is 12.8 Å². The van der Waals surface area contributed by atoms with Crippen LogP contribution in [0.1, 0.15) is 63.5 Å². The standard InChI is InChI=1S/C16H25/c1-3-5-7-10-15-12-9-13-16(14-15)11-8-6-4-2/h9,12-13H,3-8,10-11H2,1-2H3. The first-order valence-corrected chi connectivity index (χ1v) is 6.87. The zero-order valence-corrected chi connectivity index (χ0v) is 10.9. The van der Waals surface area contributed by atoms with Gasteiger partial charge in [-0.1, -0.05) is 57.7 Å². The Hall–Kier alpha value is -0.780. The quantitative estimate of drug-likeness (QED) is 0.540. The molecule has 1 aromatic carbocycles. The molecule has 0 unspecified atom stereocenters. The van der Waals surface area contributed by atoms with E-state index in [1.165, 1.54) is 62.5 Å². The van der Waals surface area contributed by atoms with E-state index in [0.29, 0.717) is 0 Å². The summed E-state index contributed by atoms with van der Waals surface area (Å²) in [5.41, 5.74) is 2.81. The highest BCUT2D eigenvalue weighted by molar-refractivity contribution is 5.22. The molecule has 0 nitrogen and oxygen atoms in total. The number of hydrogen-bond donors (Lipinski definition) is 0. The lowest BCUT2D eigenvalue weighted by atomic mass is 10.0. The summed E-state index contributed by atoms with van der Waals surface area (Å²) >= 11 is 0. The van der Waals surface area contributed by atoms with Crippen molar-refractivity contribution in [1.29, 1.82) is 0 Å². The summed E-state index contributed by atoms with van der Waals surface area (Å²) in [7, 11) is 0. The Kier molecular flexibility index (Phi) is 6.96. The van der Waals surface area contributed by atoms with Gasteiger partial charge in [0.1, 0.15) is 0 Å². The maximum absolute atomic E-state index is 3.56. The van der Waals surface area contributed by atoms with Crippen LogP contribution in [0.3, 0.4) is 0 Å². The predicted octanol–water partition coefficient (Wildman–Crippen LogP) is 4.95. The molecule has 1 radical (unpaired) electrons. The highest BCUT2D eigenvalue weighted by Gasteiger charge is 1.97. The SMILES string of the molecule is CCCCCc1[c]c(CCCCC)ccc1. The minimum Gasteiger partial charge on any atom is -0.0654 e. The third-order valence-electron chi connectivity index (χ3n) is 3.02. The number of benzene rings is 1. The molecule has 16 heavy (non-hydrogen) atoms. The van der Waals surface area contributed by atoms with Crippen molar-refractivity contribution >= 4 is 0 Å². The van der Waals surface area contributed by atoms with Crippen molar-refractivity contribution in [2.45, 2.75) is 65.2 Å². The molecule has 0 heteroatoms. The van der Waals surface area contributed by atoms with Crippen LogP contribution < -0.4 is 0 Å². The lowest BCUT2D eigenvalue weighted by Gasteiger charge is -2.04. The maximum atomic E-state index is 3.56. The van der Waals surface area contributed by atoms with Crippen LogP contribution in [-0.4, -0.2) is 0 Å². The van der Waals surface area contributed by atoms with Crippen LogP contribution in [0.15, 0.2) is 18.2 Å². The normalized spacial score (nSPS) is 10.6. The smallest absolute Gasteiger partial charge is 0.0114 e. The van der Waals surface area contributed by atoms with E-state index in [4.69, 9.17) is 0 Å². The van der Waals surface area contributed by atoms with Gasteiger partial charge in [-0.05, 0) is 42.9 Å². The molecule has 0 aromatic heterocycles. The summed E-state index contributed by atoms with van der Waals surface area (Å²) in [6, 6.07) is 10.2. The molecule has 0 aliphatic carbocycles. The molecule has 1 rings (SSSR count). The molecular formula is C16H25. The molecule has 0 bridgehead atoms. The van der Waals surface area contributed by atoms with Gasteiger partial charge in [0.05, 0.1) is 0 Å². The van der Waals surface area contributed by atoms with Gasteiger partial charge in [0.2, 0.25) is 0 Å². The monoisotopic (exact) mass is 217 g/mol. The molecule has 0 saturated carbocycles. The van der Waals surface area contributed by atoms with Gasteiger partial charge in [0.25, 0.3) is 0 Å². The molecule has 0 spiro atoms. The zero-order valence-electron chi connectivity index (χ0n) is 10.9. The predicted molar refractivity (Wildman–Crippen MR) is 71.7 cm³/mol. The van der Waals surface area contributed by atoms with E-state index in [1.807, 2.05) is 0 Å². The van der Waals surface area contributed by atoms with Gasteiger partial charge >= 0.3 is 0 Å². The molecule has 0 aliphatic rings. The van der Waals surface area contributed by atoms with Crippen LogP contribution in [0.4, 0.5) is 0 Å². The lowest BCUT2D eigenvalue weighted by molar-refractivity contribution is 0.708. The van der Waals surface area contributed by atoms with Gasteiger partial charge in [-0.3, -0.25) is 0 Å². The van der Waals surface area contributed by atoms with Crippen molar-refractivity contribution in [2.75, 3.05) is 0 Å². The highest BCUT2D eigenvalue weighted by atomic mass is 14.0. The number of aryl methyl sites for hydroxylation is 2. The lowest BCUT2D eigenvalue weighted by Crippen LogP contribution is -1.91. The van der Waals surface area contributed by atoms with Crippen LogP contribution in [0.5, 0.6) is 0 Å². The largest absolute Gasteiger partial charge is 0.0654 e. The molecule has 0 saturated heterocycles. The maximum Gasteiger partial charge on any atom is -0.0114 e. The Morgan fingerprint density at radius 3 is 1.75 bits per heavy atom. The average Bonchev–Trinajstić information content (AvgIpc) is 2.30. The van der Waals surface area contributed by atoms with E-state index in [0.717, 1.165) is 0 Å². The fraction of sp³-hybridized carbons (Fsp3) is 0.625. The molecule has 89 valence electrons. The van der Waals surface area contributed by atoms with Crippen molar-refractivity contribution in [1.82, 2.24) is 0 Å². The molecule has 0 amide bonds. The fourth-order valence-electron chi connectivity index (χ4n) is 1.99. The van der Waals surface area contributed by atoms with Crippen molar-refractivity contribution < 1.29 is 0 Å². The third-order valence-corrected chi connectivity index (χ3v) is 3.02. The van der Waals surface area contributed by atoms with E-state index in [2.05, 4.69) is 38.1 Å². The topological polar surface area (TPSA) is 0 Å². The number of rotatable bonds is 8. The second kappa shape index (κ2) is 8.38. The van der Waals surface area contributed by atoms with Crippen LogP contribution >= 0.6 is 0 Å². The molecule has 0 heterocycles. The zero-order chi connectivity index (χ0) is 11.6. The van der Waals surface area contributed by atoms with Gasteiger partial charge in [0.15, 0.2) is 0 Å².